The first-order valence-electron chi connectivity index (χ1n) is 10.5. The molecule has 2 aromatic carbocycles. The van der Waals surface area contributed by atoms with Crippen LogP contribution in [0.25, 0.3) is 5.76 Å². The first-order chi connectivity index (χ1) is 15.9. The number of aliphatic hydroxyl groups is 1. The van der Waals surface area contributed by atoms with Gasteiger partial charge >= 0.3 is 0 Å². The molecule has 1 amide bonds. The molecule has 1 aromatic heterocycles. The Balaban J connectivity index is 1.98. The van der Waals surface area contributed by atoms with Gasteiger partial charge in [-0.1, -0.05) is 35.9 Å². The molecule has 0 bridgehead atoms. The van der Waals surface area contributed by atoms with Crippen molar-refractivity contribution in [2.75, 3.05) is 14.2 Å². The second-order valence-corrected chi connectivity index (χ2v) is 8.94. The lowest BCUT2D eigenvalue weighted by Crippen LogP contribution is -2.29. The molecule has 3 aromatic rings. The Morgan fingerprint density at radius 1 is 1.06 bits per heavy atom. The molecule has 0 spiro atoms. The number of likely N-dealkylation sites (tertiary alicyclic amines) is 1. The van der Waals surface area contributed by atoms with Gasteiger partial charge in [0.1, 0.15) is 5.76 Å². The molecule has 1 fully saturated rings. The van der Waals surface area contributed by atoms with E-state index in [-0.39, 0.29) is 17.9 Å². The number of ketones is 1. The van der Waals surface area contributed by atoms with Gasteiger partial charge in [-0.2, -0.15) is 0 Å². The first-order valence-corrected chi connectivity index (χ1v) is 11.3. The topological polar surface area (TPSA) is 76.1 Å². The predicted molar refractivity (Wildman–Crippen MR) is 128 cm³/mol. The van der Waals surface area contributed by atoms with Gasteiger partial charge in [-0.3, -0.25) is 9.59 Å². The van der Waals surface area contributed by atoms with Gasteiger partial charge in [-0.15, -0.1) is 11.3 Å². The predicted octanol–water partition coefficient (Wildman–Crippen LogP) is 5.00. The van der Waals surface area contributed by atoms with E-state index in [1.807, 2.05) is 49.6 Å². The van der Waals surface area contributed by atoms with Crippen LogP contribution >= 0.6 is 11.3 Å². The number of benzene rings is 2. The summed E-state index contributed by atoms with van der Waals surface area (Å²) in [5.41, 5.74) is 2.87. The molecule has 1 aliphatic rings. The van der Waals surface area contributed by atoms with Crippen molar-refractivity contribution in [2.45, 2.75) is 26.4 Å². The minimum atomic E-state index is -0.836. The minimum absolute atomic E-state index is 0.0387. The molecule has 1 unspecified atom stereocenters. The smallest absolute Gasteiger partial charge is 0.295 e. The van der Waals surface area contributed by atoms with Crippen molar-refractivity contribution in [2.24, 2.45) is 0 Å². The molecule has 1 aliphatic heterocycles. The maximum Gasteiger partial charge on any atom is 0.295 e. The maximum absolute atomic E-state index is 13.3. The summed E-state index contributed by atoms with van der Waals surface area (Å²) in [6.07, 6.45) is 0. The van der Waals surface area contributed by atoms with Crippen LogP contribution in [-0.4, -0.2) is 35.9 Å². The SMILES string of the molecule is COc1cccc(C2/C(=C(\O)c3cc(C)ccc3C)C(=O)C(=O)N2Cc2cccs2)c1OC. The zero-order chi connectivity index (χ0) is 23.7. The molecule has 6 nitrogen and oxygen atoms in total. The summed E-state index contributed by atoms with van der Waals surface area (Å²) in [4.78, 5) is 29.0. The Kier molecular flexibility index (Phi) is 6.24. The molecule has 33 heavy (non-hydrogen) atoms. The largest absolute Gasteiger partial charge is 0.507 e. The zero-order valence-corrected chi connectivity index (χ0v) is 19.7. The third-order valence-electron chi connectivity index (χ3n) is 5.82. The monoisotopic (exact) mass is 463 g/mol. The van der Waals surface area contributed by atoms with Crippen LogP contribution in [0, 0.1) is 13.8 Å². The van der Waals surface area contributed by atoms with E-state index in [2.05, 4.69) is 0 Å². The zero-order valence-electron chi connectivity index (χ0n) is 18.9. The lowest BCUT2D eigenvalue weighted by molar-refractivity contribution is -0.140. The number of carbonyl (C=O) groups is 2. The molecule has 1 atom stereocenters. The van der Waals surface area contributed by atoms with Crippen LogP contribution < -0.4 is 9.47 Å². The molecule has 1 N–H and O–H groups in total. The fourth-order valence-electron chi connectivity index (χ4n) is 4.20. The van der Waals surface area contributed by atoms with E-state index in [0.717, 1.165) is 16.0 Å². The average molecular weight is 464 g/mol. The lowest BCUT2D eigenvalue weighted by atomic mass is 9.92. The fourth-order valence-corrected chi connectivity index (χ4v) is 4.90. The number of hydrogen-bond acceptors (Lipinski definition) is 6. The Morgan fingerprint density at radius 2 is 1.85 bits per heavy atom. The molecule has 4 rings (SSSR count). The van der Waals surface area contributed by atoms with Gasteiger partial charge < -0.3 is 19.5 Å². The minimum Gasteiger partial charge on any atom is -0.507 e. The second-order valence-electron chi connectivity index (χ2n) is 7.91. The van der Waals surface area contributed by atoms with E-state index < -0.39 is 17.7 Å². The van der Waals surface area contributed by atoms with E-state index in [1.165, 1.54) is 30.5 Å². The van der Waals surface area contributed by atoms with Crippen molar-refractivity contribution in [3.63, 3.8) is 0 Å². The number of methoxy groups -OCH3 is 2. The van der Waals surface area contributed by atoms with E-state index in [4.69, 9.17) is 9.47 Å². The summed E-state index contributed by atoms with van der Waals surface area (Å²) in [5.74, 6) is -0.693. The van der Waals surface area contributed by atoms with Gasteiger partial charge in [0.15, 0.2) is 11.5 Å². The normalized spacial score (nSPS) is 17.5. The molecule has 0 saturated carbocycles. The van der Waals surface area contributed by atoms with Crippen molar-refractivity contribution < 1.29 is 24.2 Å². The molecule has 170 valence electrons. The molecule has 0 radical (unpaired) electrons. The van der Waals surface area contributed by atoms with Gasteiger partial charge in [0.2, 0.25) is 0 Å². The number of Topliss-reactive ketones (excluding diaryl/α,β-unsaturated/α-hetero) is 1. The molecular weight excluding hydrogens is 438 g/mol. The summed E-state index contributed by atoms with van der Waals surface area (Å²) < 4.78 is 11.1. The average Bonchev–Trinajstić information content (AvgIpc) is 3.42. The van der Waals surface area contributed by atoms with E-state index in [0.29, 0.717) is 22.6 Å². The number of hydrogen-bond donors (Lipinski definition) is 1. The van der Waals surface area contributed by atoms with Gasteiger partial charge in [0.25, 0.3) is 11.7 Å². The van der Waals surface area contributed by atoms with Crippen LogP contribution in [0.3, 0.4) is 0 Å². The number of para-hydroxylation sites is 1. The second kappa shape index (κ2) is 9.11. The Bertz CT molecular complexity index is 1250. The van der Waals surface area contributed by atoms with Crippen LogP contribution in [0.4, 0.5) is 0 Å². The molecule has 2 heterocycles. The van der Waals surface area contributed by atoms with Crippen LogP contribution in [0.2, 0.25) is 0 Å². The third-order valence-corrected chi connectivity index (χ3v) is 6.68. The maximum atomic E-state index is 13.3. The van der Waals surface area contributed by atoms with Gasteiger partial charge in [0.05, 0.1) is 32.4 Å². The Morgan fingerprint density at radius 3 is 2.52 bits per heavy atom. The van der Waals surface area contributed by atoms with Crippen molar-refractivity contribution in [1.82, 2.24) is 4.90 Å². The van der Waals surface area contributed by atoms with Crippen LogP contribution in [0.1, 0.15) is 33.2 Å². The van der Waals surface area contributed by atoms with Crippen LogP contribution in [-0.2, 0) is 16.1 Å². The van der Waals surface area contributed by atoms with E-state index >= 15 is 0 Å². The van der Waals surface area contributed by atoms with Gasteiger partial charge in [-0.25, -0.2) is 0 Å². The third kappa shape index (κ3) is 4.00. The van der Waals surface area contributed by atoms with Crippen LogP contribution in [0.5, 0.6) is 11.5 Å². The van der Waals surface area contributed by atoms with E-state index in [1.54, 1.807) is 18.2 Å². The number of aryl methyl sites for hydroxylation is 2. The van der Waals surface area contributed by atoms with Gasteiger partial charge in [-0.05, 0) is 43.0 Å². The van der Waals surface area contributed by atoms with Crippen molar-refractivity contribution in [3.05, 3.63) is 86.6 Å². The lowest BCUT2D eigenvalue weighted by Gasteiger charge is -2.27. The highest BCUT2D eigenvalue weighted by atomic mass is 32.1. The van der Waals surface area contributed by atoms with Crippen molar-refractivity contribution >= 4 is 28.8 Å². The summed E-state index contributed by atoms with van der Waals surface area (Å²) in [6, 6.07) is 13.9. The summed E-state index contributed by atoms with van der Waals surface area (Å²) in [6.45, 7) is 4.00. The first kappa shape index (κ1) is 22.6. The Labute approximate surface area is 196 Å². The van der Waals surface area contributed by atoms with E-state index in [9.17, 15) is 14.7 Å². The van der Waals surface area contributed by atoms with Crippen molar-refractivity contribution in [3.8, 4) is 11.5 Å². The number of nitrogens with zero attached hydrogens (tertiary/aromatic N) is 1. The fraction of sp³-hybridized carbons (Fsp3) is 0.231. The van der Waals surface area contributed by atoms with Crippen molar-refractivity contribution in [1.29, 1.82) is 0 Å². The number of carbonyl (C=O) groups excluding carboxylic acids is 2. The molecule has 1 saturated heterocycles. The molecule has 7 heteroatoms. The number of rotatable bonds is 6. The quantitative estimate of drug-likeness (QED) is 0.316. The molecule has 0 aliphatic carbocycles. The number of thiophene rings is 1. The summed E-state index contributed by atoms with van der Waals surface area (Å²) >= 11 is 1.50. The summed E-state index contributed by atoms with van der Waals surface area (Å²) in [5, 5.41) is 13.3. The highest BCUT2D eigenvalue weighted by Gasteiger charge is 2.47. The Hall–Kier alpha value is -3.58. The number of ether oxygens (including phenoxy) is 2. The molecular formula is C26H25NO5S. The van der Waals surface area contributed by atoms with Gasteiger partial charge in [0, 0.05) is 16.0 Å². The number of amides is 1. The summed E-state index contributed by atoms with van der Waals surface area (Å²) in [7, 11) is 3.04. The highest BCUT2D eigenvalue weighted by molar-refractivity contribution is 7.09. The number of aliphatic hydroxyl groups excluding tert-OH is 1. The standard InChI is InChI=1S/C26H25NO5S/c1-15-10-11-16(2)19(13-15)23(28)21-22(18-8-5-9-20(31-3)25(18)32-4)27(26(30)24(21)29)14-17-7-6-12-33-17/h5-13,22,28H,14H2,1-4H3/b23-21+. The van der Waals surface area contributed by atoms with Crippen LogP contribution in [0.15, 0.2) is 59.5 Å². The highest BCUT2D eigenvalue weighted by Crippen LogP contribution is 2.46.